The maximum Gasteiger partial charge on any atom is 0.418 e. The molecule has 1 unspecified atom stereocenters. The molecular weight excluding hydrogens is 693 g/mol. The fourth-order valence-electron chi connectivity index (χ4n) is 6.78. The summed E-state index contributed by atoms with van der Waals surface area (Å²) in [6, 6.07) is 28.8. The average molecular weight is 729 g/mol. The second-order valence-corrected chi connectivity index (χ2v) is 13.1. The minimum absolute atomic E-state index is 0.00107. The Bertz CT molecular complexity index is 2050. The summed E-state index contributed by atoms with van der Waals surface area (Å²) in [5, 5.41) is 18.4. The van der Waals surface area contributed by atoms with Gasteiger partial charge in [0.25, 0.3) is 0 Å². The highest BCUT2D eigenvalue weighted by Gasteiger charge is 2.37. The summed E-state index contributed by atoms with van der Waals surface area (Å²) >= 11 is 6.45. The van der Waals surface area contributed by atoms with Gasteiger partial charge in [-0.05, 0) is 84.2 Å². The highest BCUT2D eigenvalue weighted by atomic mass is 35.5. The second kappa shape index (κ2) is 16.0. The van der Waals surface area contributed by atoms with Crippen molar-refractivity contribution in [1.29, 1.82) is 0 Å². The summed E-state index contributed by atoms with van der Waals surface area (Å²) in [4.78, 5) is 29.8. The highest BCUT2D eigenvalue weighted by molar-refractivity contribution is 6.32. The number of carbonyl (C=O) groups is 2. The van der Waals surface area contributed by atoms with Gasteiger partial charge < -0.3 is 14.9 Å². The van der Waals surface area contributed by atoms with E-state index in [-0.39, 0.29) is 35.0 Å². The lowest BCUT2D eigenvalue weighted by atomic mass is 9.89. The zero-order chi connectivity index (χ0) is 36.8. The number of para-hydroxylation sites is 1. The number of alkyl halides is 3. The SMILES string of the molecule is O=C(O)c1ccc(CCN(CCc2ccccc2OCc2ccc(-c3ccccc3)c(C(F)(F)F)c2Cl)C2CCCc3nc(C(=O)O)ccc32)cc1. The number of aromatic nitrogens is 1. The van der Waals surface area contributed by atoms with Crippen molar-refractivity contribution in [2.24, 2.45) is 0 Å². The fraction of sp³-hybridized carbons (Fsp3) is 0.244. The van der Waals surface area contributed by atoms with Crippen molar-refractivity contribution >= 4 is 23.5 Å². The largest absolute Gasteiger partial charge is 0.489 e. The number of pyridine rings is 1. The van der Waals surface area contributed by atoms with Crippen LogP contribution in [0.3, 0.4) is 0 Å². The Hall–Kier alpha value is -5.19. The second-order valence-electron chi connectivity index (χ2n) is 12.7. The molecule has 0 saturated carbocycles. The third-order valence-electron chi connectivity index (χ3n) is 9.42. The molecule has 0 saturated heterocycles. The Kier molecular flexibility index (Phi) is 11.3. The van der Waals surface area contributed by atoms with Gasteiger partial charge in [0, 0.05) is 30.4 Å². The molecule has 5 aromatic rings. The third kappa shape index (κ3) is 8.46. The number of hydrogen-bond acceptors (Lipinski definition) is 5. The van der Waals surface area contributed by atoms with E-state index >= 15 is 0 Å². The Morgan fingerprint density at radius 3 is 2.25 bits per heavy atom. The van der Waals surface area contributed by atoms with E-state index in [0.717, 1.165) is 35.2 Å². The van der Waals surface area contributed by atoms with Crippen LogP contribution in [0.1, 0.15) is 73.2 Å². The van der Waals surface area contributed by atoms with E-state index in [4.69, 9.17) is 16.3 Å². The quantitative estimate of drug-likeness (QED) is 0.125. The van der Waals surface area contributed by atoms with Gasteiger partial charge in [0.1, 0.15) is 18.1 Å². The zero-order valence-corrected chi connectivity index (χ0v) is 28.8. The molecule has 0 radical (unpaired) electrons. The predicted octanol–water partition coefficient (Wildman–Crippen LogP) is 9.56. The van der Waals surface area contributed by atoms with Crippen molar-refractivity contribution in [2.45, 2.75) is 50.9 Å². The number of fused-ring (bicyclic) bond motifs is 1. The molecule has 4 aromatic carbocycles. The van der Waals surface area contributed by atoms with Crippen molar-refractivity contribution in [2.75, 3.05) is 13.1 Å². The number of ether oxygens (including phenoxy) is 1. The van der Waals surface area contributed by atoms with Gasteiger partial charge in [-0.25, -0.2) is 14.6 Å². The van der Waals surface area contributed by atoms with Crippen molar-refractivity contribution < 1.29 is 37.7 Å². The van der Waals surface area contributed by atoms with E-state index in [1.165, 1.54) is 12.1 Å². The normalized spacial score (nSPS) is 14.2. The van der Waals surface area contributed by atoms with Gasteiger partial charge in [-0.2, -0.15) is 13.2 Å². The summed E-state index contributed by atoms with van der Waals surface area (Å²) in [5.74, 6) is -1.54. The molecular formula is C41H36ClF3N2O5. The lowest BCUT2D eigenvalue weighted by Gasteiger charge is -2.36. The molecule has 268 valence electrons. The average Bonchev–Trinajstić information content (AvgIpc) is 3.14. The number of carboxylic acid groups (broad SMARTS) is 2. The molecule has 1 heterocycles. The van der Waals surface area contributed by atoms with Gasteiger partial charge in [-0.15, -0.1) is 0 Å². The van der Waals surface area contributed by atoms with E-state index in [2.05, 4.69) is 9.88 Å². The Labute approximate surface area is 304 Å². The van der Waals surface area contributed by atoms with Crippen molar-refractivity contribution in [3.63, 3.8) is 0 Å². The molecule has 1 atom stereocenters. The number of hydrogen-bond donors (Lipinski definition) is 2. The van der Waals surface area contributed by atoms with Crippen LogP contribution < -0.4 is 4.74 Å². The maximum atomic E-state index is 14.3. The Morgan fingerprint density at radius 1 is 0.827 bits per heavy atom. The topological polar surface area (TPSA) is 100.0 Å². The van der Waals surface area contributed by atoms with Crippen LogP contribution in [-0.4, -0.2) is 45.1 Å². The number of carboxylic acids is 2. The molecule has 0 amide bonds. The van der Waals surface area contributed by atoms with Gasteiger partial charge in [-0.3, -0.25) is 4.90 Å². The first-order valence-corrected chi connectivity index (χ1v) is 17.3. The molecule has 0 fully saturated rings. The van der Waals surface area contributed by atoms with Crippen LogP contribution in [0, 0.1) is 0 Å². The van der Waals surface area contributed by atoms with Gasteiger partial charge in [0.2, 0.25) is 0 Å². The smallest absolute Gasteiger partial charge is 0.418 e. The third-order valence-corrected chi connectivity index (χ3v) is 9.85. The number of aromatic carboxylic acids is 2. The molecule has 1 aromatic heterocycles. The van der Waals surface area contributed by atoms with E-state index in [9.17, 15) is 33.0 Å². The van der Waals surface area contributed by atoms with Crippen LogP contribution in [-0.2, 0) is 32.0 Å². The molecule has 7 nitrogen and oxygen atoms in total. The number of rotatable bonds is 13. The predicted molar refractivity (Wildman–Crippen MR) is 192 cm³/mol. The number of benzene rings is 4. The summed E-state index contributed by atoms with van der Waals surface area (Å²) in [5.41, 5.74) is 3.53. The van der Waals surface area contributed by atoms with Crippen LogP contribution in [0.25, 0.3) is 11.1 Å². The summed E-state index contributed by atoms with van der Waals surface area (Å²) in [6.45, 7) is 1.05. The van der Waals surface area contributed by atoms with Crippen LogP contribution >= 0.6 is 11.6 Å². The standard InChI is InChI=1S/C41H36ClF3N2O5/c42-38-30(17-18-31(37(38)41(43,44)45)27-7-2-1-3-8-27)25-52-36-12-5-4-9-28(36)22-24-47(23-21-26-13-15-29(16-14-26)39(48)49)35-11-6-10-33-32(35)19-20-34(46-33)40(50)51/h1-5,7-9,12-20,35H,6,10-11,21-25H2,(H,48,49)(H,50,51). The van der Waals surface area contributed by atoms with Crippen LogP contribution in [0.15, 0.2) is 103 Å². The molecule has 6 rings (SSSR count). The van der Waals surface area contributed by atoms with E-state index in [0.29, 0.717) is 43.7 Å². The minimum Gasteiger partial charge on any atom is -0.489 e. The first-order chi connectivity index (χ1) is 25.0. The Morgan fingerprint density at radius 2 is 1.54 bits per heavy atom. The van der Waals surface area contributed by atoms with Crippen molar-refractivity contribution in [3.05, 3.63) is 153 Å². The summed E-state index contributed by atoms with van der Waals surface area (Å²) in [7, 11) is 0. The van der Waals surface area contributed by atoms with Crippen molar-refractivity contribution in [1.82, 2.24) is 9.88 Å². The van der Waals surface area contributed by atoms with Gasteiger partial charge in [0.15, 0.2) is 0 Å². The molecule has 1 aliphatic carbocycles. The van der Waals surface area contributed by atoms with Crippen LogP contribution in [0.4, 0.5) is 13.2 Å². The summed E-state index contributed by atoms with van der Waals surface area (Å²) < 4.78 is 49.1. The van der Waals surface area contributed by atoms with E-state index < -0.39 is 28.7 Å². The number of aryl methyl sites for hydroxylation is 1. The van der Waals surface area contributed by atoms with Gasteiger partial charge >= 0.3 is 18.1 Å². The molecule has 2 N–H and O–H groups in total. The maximum absolute atomic E-state index is 14.3. The van der Waals surface area contributed by atoms with Gasteiger partial charge in [0.05, 0.1) is 16.1 Å². The lowest BCUT2D eigenvalue weighted by molar-refractivity contribution is -0.137. The van der Waals surface area contributed by atoms with E-state index in [1.54, 1.807) is 54.6 Å². The van der Waals surface area contributed by atoms with Crippen LogP contribution in [0.2, 0.25) is 5.02 Å². The first-order valence-electron chi connectivity index (χ1n) is 16.9. The Balaban J connectivity index is 1.23. The van der Waals surface area contributed by atoms with E-state index in [1.807, 2.05) is 36.4 Å². The number of nitrogens with zero attached hydrogens (tertiary/aromatic N) is 2. The highest BCUT2D eigenvalue weighted by Crippen LogP contribution is 2.43. The molecule has 52 heavy (non-hydrogen) atoms. The van der Waals surface area contributed by atoms with Gasteiger partial charge in [-0.1, -0.05) is 90.5 Å². The molecule has 1 aliphatic rings. The first kappa shape index (κ1) is 36.6. The molecule has 11 heteroatoms. The van der Waals surface area contributed by atoms with Crippen molar-refractivity contribution in [3.8, 4) is 16.9 Å². The monoisotopic (exact) mass is 728 g/mol. The fourth-order valence-corrected chi connectivity index (χ4v) is 7.11. The molecule has 0 spiro atoms. The zero-order valence-electron chi connectivity index (χ0n) is 28.1. The molecule has 0 bridgehead atoms. The summed E-state index contributed by atoms with van der Waals surface area (Å²) in [6.07, 6.45) is -1.13. The number of halogens is 4. The lowest BCUT2D eigenvalue weighted by Crippen LogP contribution is -2.35. The van der Waals surface area contributed by atoms with Crippen LogP contribution in [0.5, 0.6) is 5.75 Å². The molecule has 0 aliphatic heterocycles. The minimum atomic E-state index is -4.68.